The fraction of sp³-hybridized carbons (Fsp3) is 0.200. The Morgan fingerprint density at radius 2 is 2.38 bits per heavy atom. The fourth-order valence-corrected chi connectivity index (χ4v) is 2.64. The van der Waals surface area contributed by atoms with Crippen LogP contribution in [-0.2, 0) is 0 Å². The van der Waals surface area contributed by atoms with E-state index in [0.29, 0.717) is 4.16 Å². The molecule has 0 aliphatic carbocycles. The molecule has 1 aliphatic heterocycles. The summed E-state index contributed by atoms with van der Waals surface area (Å²) in [6.45, 7) is 3.78. The van der Waals surface area contributed by atoms with E-state index < -0.39 is 0 Å². The lowest BCUT2D eigenvalue weighted by Gasteiger charge is -1.94. The van der Waals surface area contributed by atoms with E-state index in [1.165, 1.54) is 4.48 Å². The largest absolute Gasteiger partial charge is 0.106 e. The molecule has 3 heteroatoms. The summed E-state index contributed by atoms with van der Waals surface area (Å²) in [5, 5.41) is 0. The van der Waals surface area contributed by atoms with Gasteiger partial charge in [0.2, 0.25) is 0 Å². The highest BCUT2D eigenvalue weighted by Crippen LogP contribution is 2.41. The van der Waals surface area contributed by atoms with Gasteiger partial charge in [0.15, 0.2) is 0 Å². The van der Waals surface area contributed by atoms with Crippen LogP contribution in [-0.4, -0.2) is 4.16 Å². The van der Waals surface area contributed by atoms with Crippen LogP contribution in [0.3, 0.4) is 0 Å². The van der Waals surface area contributed by atoms with Crippen molar-refractivity contribution in [3.05, 3.63) is 22.0 Å². The van der Waals surface area contributed by atoms with E-state index >= 15 is 0 Å². The summed E-state index contributed by atoms with van der Waals surface area (Å²) < 4.78 is 1.57. The summed E-state index contributed by atoms with van der Waals surface area (Å²) in [5.41, 5.74) is 0. The molecule has 0 aromatic rings. The van der Waals surface area contributed by atoms with Crippen LogP contribution in [0.25, 0.3) is 0 Å². The number of alkyl halides is 1. The molecule has 0 spiro atoms. The summed E-state index contributed by atoms with van der Waals surface area (Å²) in [6.07, 6.45) is 2.02. The van der Waals surface area contributed by atoms with Crippen LogP contribution in [0.4, 0.5) is 0 Å². The monoisotopic (exact) mass is 254 g/mol. The molecule has 0 aromatic carbocycles. The minimum Gasteiger partial charge on any atom is -0.106 e. The van der Waals surface area contributed by atoms with Gasteiger partial charge in [-0.1, -0.05) is 38.4 Å². The van der Waals surface area contributed by atoms with Gasteiger partial charge in [0.05, 0.1) is 4.16 Å². The van der Waals surface area contributed by atoms with Gasteiger partial charge in [0.1, 0.15) is 0 Å². The van der Waals surface area contributed by atoms with Gasteiger partial charge in [-0.3, -0.25) is 0 Å². The van der Waals surface area contributed by atoms with Gasteiger partial charge in [-0.05, 0) is 6.08 Å². The van der Waals surface area contributed by atoms with Gasteiger partial charge >= 0.3 is 0 Å². The van der Waals surface area contributed by atoms with Crippen molar-refractivity contribution in [3.8, 4) is 0 Å². The quantitative estimate of drug-likeness (QED) is 0.599. The highest BCUT2D eigenvalue weighted by molar-refractivity contribution is 9.15. The lowest BCUT2D eigenvalue weighted by Crippen LogP contribution is -1.79. The maximum atomic E-state index is 3.78. The van der Waals surface area contributed by atoms with Crippen molar-refractivity contribution in [2.75, 3.05) is 0 Å². The topological polar surface area (TPSA) is 0 Å². The molecule has 0 nitrogen and oxygen atoms in total. The van der Waals surface area contributed by atoms with E-state index in [9.17, 15) is 0 Å². The summed E-state index contributed by atoms with van der Waals surface area (Å²) in [5.74, 6) is 0. The van der Waals surface area contributed by atoms with Crippen LogP contribution in [0, 0.1) is 0 Å². The molecule has 1 rings (SSSR count). The molecule has 0 saturated carbocycles. The Labute approximate surface area is 69.7 Å². The zero-order valence-corrected chi connectivity index (χ0v) is 8.01. The molecular weight excluding hydrogens is 252 g/mol. The zero-order valence-electron chi connectivity index (χ0n) is 4.03. The number of allylic oxidation sites excluding steroid dienone is 1. The molecule has 0 amide bonds. The first-order chi connectivity index (χ1) is 3.70. The number of halogens is 2. The second-order valence-corrected chi connectivity index (χ2v) is 5.10. The lowest BCUT2D eigenvalue weighted by atomic mass is 10.5. The normalized spacial score (nSPS) is 28.5. The van der Waals surface area contributed by atoms with E-state index in [4.69, 9.17) is 0 Å². The van der Waals surface area contributed by atoms with Crippen LogP contribution in [0.2, 0.25) is 0 Å². The summed E-state index contributed by atoms with van der Waals surface area (Å²) in [6, 6.07) is 0. The third-order valence-corrected chi connectivity index (χ3v) is 4.31. The maximum Gasteiger partial charge on any atom is 0.0960 e. The van der Waals surface area contributed by atoms with Gasteiger partial charge in [0, 0.05) is 9.39 Å². The Bertz CT molecular complexity index is 151. The van der Waals surface area contributed by atoms with Crippen molar-refractivity contribution in [1.29, 1.82) is 0 Å². The maximum absolute atomic E-state index is 3.78. The Morgan fingerprint density at radius 1 is 1.75 bits per heavy atom. The molecular formula is C5H4Br2S. The average molecular weight is 256 g/mol. The van der Waals surface area contributed by atoms with E-state index in [2.05, 4.69) is 38.4 Å². The second-order valence-electron chi connectivity index (χ2n) is 1.43. The molecule has 0 radical (unpaired) electrons. The summed E-state index contributed by atoms with van der Waals surface area (Å²) >= 11 is 8.52. The molecule has 1 heterocycles. The van der Waals surface area contributed by atoms with Crippen molar-refractivity contribution in [3.63, 3.8) is 0 Å². The van der Waals surface area contributed by atoms with E-state index in [1.54, 1.807) is 11.8 Å². The van der Waals surface area contributed by atoms with Gasteiger partial charge in [-0.15, -0.1) is 11.8 Å². The molecule has 0 N–H and O–H groups in total. The van der Waals surface area contributed by atoms with Crippen molar-refractivity contribution in [1.82, 2.24) is 0 Å². The molecule has 1 aliphatic rings. The van der Waals surface area contributed by atoms with Gasteiger partial charge < -0.3 is 0 Å². The Kier molecular flexibility index (Phi) is 2.23. The van der Waals surface area contributed by atoms with Crippen LogP contribution in [0.1, 0.15) is 0 Å². The smallest absolute Gasteiger partial charge is 0.0960 e. The first kappa shape index (κ1) is 6.90. The van der Waals surface area contributed by atoms with Crippen molar-refractivity contribution in [2.45, 2.75) is 4.16 Å². The number of thioether (sulfide) groups is 1. The van der Waals surface area contributed by atoms with E-state index in [1.807, 2.05) is 6.08 Å². The number of hydrogen-bond donors (Lipinski definition) is 0. The molecule has 0 aromatic heterocycles. The number of rotatable bonds is 0. The molecule has 8 heavy (non-hydrogen) atoms. The third kappa shape index (κ3) is 1.39. The highest BCUT2D eigenvalue weighted by Gasteiger charge is 2.15. The van der Waals surface area contributed by atoms with Crippen LogP contribution < -0.4 is 0 Å². The molecule has 0 fully saturated rings. The fourth-order valence-electron chi connectivity index (χ4n) is 0.443. The van der Waals surface area contributed by atoms with Crippen LogP contribution in [0.15, 0.2) is 22.0 Å². The standard InChI is InChI=1S/C5H4Br2S/c1-3-2-4(6)5(7)8-3/h2,5H,1H2. The van der Waals surface area contributed by atoms with Gasteiger partial charge in [0.25, 0.3) is 0 Å². The Morgan fingerprint density at radius 3 is 2.50 bits per heavy atom. The average Bonchev–Trinajstić information content (AvgIpc) is 1.85. The molecule has 1 atom stereocenters. The van der Waals surface area contributed by atoms with E-state index in [0.717, 1.165) is 4.91 Å². The SMILES string of the molecule is C=C1C=C(Br)C(Br)S1. The Balaban J connectivity index is 2.73. The summed E-state index contributed by atoms with van der Waals surface area (Å²) in [4.78, 5) is 1.11. The molecule has 0 bridgehead atoms. The Hall–Kier alpha value is 0.790. The van der Waals surface area contributed by atoms with Crippen molar-refractivity contribution >= 4 is 43.6 Å². The first-order valence-corrected chi connectivity index (χ1v) is 4.65. The predicted octanol–water partition coefficient (Wildman–Crippen LogP) is 3.25. The van der Waals surface area contributed by atoms with Crippen molar-refractivity contribution in [2.24, 2.45) is 0 Å². The number of hydrogen-bond acceptors (Lipinski definition) is 1. The van der Waals surface area contributed by atoms with Gasteiger partial charge in [-0.25, -0.2) is 0 Å². The first-order valence-electron chi connectivity index (χ1n) is 2.07. The van der Waals surface area contributed by atoms with Crippen LogP contribution >= 0.6 is 43.6 Å². The second kappa shape index (κ2) is 2.58. The highest BCUT2D eigenvalue weighted by atomic mass is 79.9. The third-order valence-electron chi connectivity index (χ3n) is 0.771. The molecule has 0 saturated heterocycles. The van der Waals surface area contributed by atoms with Gasteiger partial charge in [-0.2, -0.15) is 0 Å². The molecule has 44 valence electrons. The van der Waals surface area contributed by atoms with Crippen molar-refractivity contribution < 1.29 is 0 Å². The zero-order chi connectivity index (χ0) is 6.15. The molecule has 1 unspecified atom stereocenters. The van der Waals surface area contributed by atoms with Crippen LogP contribution in [0.5, 0.6) is 0 Å². The lowest BCUT2D eigenvalue weighted by molar-refractivity contribution is 1.70. The summed E-state index contributed by atoms with van der Waals surface area (Å²) in [7, 11) is 0. The minimum absolute atomic E-state index is 0.398. The van der Waals surface area contributed by atoms with E-state index in [-0.39, 0.29) is 0 Å². The predicted molar refractivity (Wildman–Crippen MR) is 46.5 cm³/mol. The minimum atomic E-state index is 0.398.